The minimum atomic E-state index is -0.182. The number of nitrogens with zero attached hydrogens (tertiary/aromatic N) is 2. The van der Waals surface area contributed by atoms with Crippen LogP contribution in [0.5, 0.6) is 0 Å². The average Bonchev–Trinajstić information content (AvgIpc) is 2.47. The fourth-order valence-electron chi connectivity index (χ4n) is 1.86. The van der Waals surface area contributed by atoms with Gasteiger partial charge in [0.25, 0.3) is 0 Å². The molecule has 6 nitrogen and oxygen atoms in total. The molecule has 0 heterocycles. The zero-order chi connectivity index (χ0) is 16.4. The van der Waals surface area contributed by atoms with E-state index in [2.05, 4.69) is 16.7 Å². The molecule has 0 aromatic heterocycles. The number of carbonyl (C=O) groups is 2. The summed E-state index contributed by atoms with van der Waals surface area (Å²) in [6, 6.07) is 9.21. The van der Waals surface area contributed by atoms with Gasteiger partial charge in [0, 0.05) is 12.2 Å². The van der Waals surface area contributed by atoms with Gasteiger partial charge in [0.2, 0.25) is 11.8 Å². The summed E-state index contributed by atoms with van der Waals surface area (Å²) >= 11 is 0. The highest BCUT2D eigenvalue weighted by molar-refractivity contribution is 5.92. The number of nitrogens with one attached hydrogen (secondary N) is 2. The summed E-state index contributed by atoms with van der Waals surface area (Å²) in [5, 5.41) is 14.1. The maximum atomic E-state index is 11.9. The highest BCUT2D eigenvalue weighted by Gasteiger charge is 2.10. The summed E-state index contributed by atoms with van der Waals surface area (Å²) in [6.45, 7) is 2.96. The molecule has 0 spiro atoms. The van der Waals surface area contributed by atoms with Crippen LogP contribution >= 0.6 is 0 Å². The van der Waals surface area contributed by atoms with Crippen molar-refractivity contribution in [3.05, 3.63) is 29.8 Å². The van der Waals surface area contributed by atoms with Crippen molar-refractivity contribution in [3.8, 4) is 6.07 Å². The number of hydrogen-bond acceptors (Lipinski definition) is 4. The monoisotopic (exact) mass is 302 g/mol. The molecule has 1 aromatic carbocycles. The van der Waals surface area contributed by atoms with Gasteiger partial charge in [0.1, 0.15) is 0 Å². The average molecular weight is 302 g/mol. The van der Waals surface area contributed by atoms with Crippen molar-refractivity contribution in [2.45, 2.75) is 19.8 Å². The van der Waals surface area contributed by atoms with Gasteiger partial charge in [-0.05, 0) is 31.2 Å². The Kier molecular flexibility index (Phi) is 7.65. The van der Waals surface area contributed by atoms with Gasteiger partial charge in [0.05, 0.1) is 25.6 Å². The SMILES string of the molecule is CCCNC(=O)CN(C)CC(=O)Nc1ccc(CC#N)cc1. The zero-order valence-corrected chi connectivity index (χ0v) is 13.1. The molecule has 0 bridgehead atoms. The van der Waals surface area contributed by atoms with Gasteiger partial charge < -0.3 is 10.6 Å². The van der Waals surface area contributed by atoms with Crippen LogP contribution in [0.25, 0.3) is 0 Å². The second-order valence-electron chi connectivity index (χ2n) is 5.10. The molecule has 0 saturated carbocycles. The maximum Gasteiger partial charge on any atom is 0.238 e. The normalized spacial score (nSPS) is 10.1. The van der Waals surface area contributed by atoms with E-state index in [-0.39, 0.29) is 24.9 Å². The third-order valence-corrected chi connectivity index (χ3v) is 2.92. The summed E-state index contributed by atoms with van der Waals surface area (Å²) in [5.41, 5.74) is 1.58. The standard InChI is InChI=1S/C16H22N4O2/c1-3-10-18-15(21)11-20(2)12-16(22)19-14-6-4-13(5-7-14)8-9-17/h4-7H,3,8,10-12H2,1-2H3,(H,18,21)(H,19,22). The fraction of sp³-hybridized carbons (Fsp3) is 0.438. The third-order valence-electron chi connectivity index (χ3n) is 2.92. The number of rotatable bonds is 8. The third kappa shape index (κ3) is 6.86. The number of nitriles is 1. The van der Waals surface area contributed by atoms with Crippen molar-refractivity contribution in [1.82, 2.24) is 10.2 Å². The molecule has 0 aliphatic carbocycles. The lowest BCUT2D eigenvalue weighted by Gasteiger charge is -2.16. The largest absolute Gasteiger partial charge is 0.355 e. The predicted molar refractivity (Wildman–Crippen MR) is 85.2 cm³/mol. The summed E-state index contributed by atoms with van der Waals surface area (Å²) < 4.78 is 0. The lowest BCUT2D eigenvalue weighted by molar-refractivity contribution is -0.122. The molecule has 0 atom stereocenters. The molecule has 0 fully saturated rings. The Hall–Kier alpha value is -2.39. The van der Waals surface area contributed by atoms with Gasteiger partial charge in [-0.25, -0.2) is 0 Å². The smallest absolute Gasteiger partial charge is 0.238 e. The van der Waals surface area contributed by atoms with Crippen molar-refractivity contribution >= 4 is 17.5 Å². The quantitative estimate of drug-likeness (QED) is 0.754. The van der Waals surface area contributed by atoms with E-state index in [1.54, 1.807) is 36.2 Å². The second-order valence-corrected chi connectivity index (χ2v) is 5.10. The predicted octanol–water partition coefficient (Wildman–Crippen LogP) is 1.15. The van der Waals surface area contributed by atoms with E-state index in [1.165, 1.54) is 0 Å². The van der Waals surface area contributed by atoms with Crippen LogP contribution in [0.4, 0.5) is 5.69 Å². The molecular formula is C16H22N4O2. The van der Waals surface area contributed by atoms with Gasteiger partial charge in [-0.3, -0.25) is 14.5 Å². The summed E-state index contributed by atoms with van der Waals surface area (Å²) in [7, 11) is 1.72. The molecule has 0 unspecified atom stereocenters. The number of carbonyl (C=O) groups excluding carboxylic acids is 2. The second kappa shape index (κ2) is 9.53. The van der Waals surface area contributed by atoms with Crippen LogP contribution in [-0.4, -0.2) is 43.4 Å². The molecule has 1 aromatic rings. The van der Waals surface area contributed by atoms with E-state index >= 15 is 0 Å². The summed E-state index contributed by atoms with van der Waals surface area (Å²) in [6.07, 6.45) is 1.24. The van der Waals surface area contributed by atoms with Crippen LogP contribution in [0.1, 0.15) is 18.9 Å². The van der Waals surface area contributed by atoms with Crippen LogP contribution in [0, 0.1) is 11.3 Å². The Morgan fingerprint density at radius 3 is 2.41 bits per heavy atom. The van der Waals surface area contributed by atoms with E-state index in [4.69, 9.17) is 5.26 Å². The van der Waals surface area contributed by atoms with Gasteiger partial charge in [-0.1, -0.05) is 19.1 Å². The molecule has 0 aliphatic rings. The topological polar surface area (TPSA) is 85.2 Å². The fourth-order valence-corrected chi connectivity index (χ4v) is 1.86. The lowest BCUT2D eigenvalue weighted by Crippen LogP contribution is -2.39. The van der Waals surface area contributed by atoms with Crippen LogP contribution in [0.2, 0.25) is 0 Å². The van der Waals surface area contributed by atoms with Crippen molar-refractivity contribution in [2.24, 2.45) is 0 Å². The molecule has 22 heavy (non-hydrogen) atoms. The first-order valence-corrected chi connectivity index (χ1v) is 7.26. The number of amides is 2. The number of anilines is 1. The molecule has 118 valence electrons. The van der Waals surface area contributed by atoms with Crippen LogP contribution in [0.15, 0.2) is 24.3 Å². The van der Waals surface area contributed by atoms with Crippen LogP contribution < -0.4 is 10.6 Å². The van der Waals surface area contributed by atoms with E-state index < -0.39 is 0 Å². The van der Waals surface area contributed by atoms with Crippen LogP contribution in [0.3, 0.4) is 0 Å². The number of hydrogen-bond donors (Lipinski definition) is 2. The molecule has 0 saturated heterocycles. The van der Waals surface area contributed by atoms with E-state index in [9.17, 15) is 9.59 Å². The number of benzene rings is 1. The zero-order valence-electron chi connectivity index (χ0n) is 13.1. The van der Waals surface area contributed by atoms with Gasteiger partial charge in [0.15, 0.2) is 0 Å². The van der Waals surface area contributed by atoms with Crippen molar-refractivity contribution in [3.63, 3.8) is 0 Å². The van der Waals surface area contributed by atoms with Crippen molar-refractivity contribution < 1.29 is 9.59 Å². The van der Waals surface area contributed by atoms with Crippen molar-refractivity contribution in [1.29, 1.82) is 5.26 Å². The highest BCUT2D eigenvalue weighted by atomic mass is 16.2. The summed E-state index contributed by atoms with van der Waals surface area (Å²) in [5.74, 6) is -0.267. The van der Waals surface area contributed by atoms with Gasteiger partial charge in [-0.15, -0.1) is 0 Å². The first-order valence-electron chi connectivity index (χ1n) is 7.26. The Morgan fingerprint density at radius 2 is 1.82 bits per heavy atom. The van der Waals surface area contributed by atoms with E-state index in [1.807, 2.05) is 6.92 Å². The molecule has 0 aliphatic heterocycles. The number of likely N-dealkylation sites (N-methyl/N-ethyl adjacent to an activating group) is 1. The van der Waals surface area contributed by atoms with Crippen LogP contribution in [-0.2, 0) is 16.0 Å². The highest BCUT2D eigenvalue weighted by Crippen LogP contribution is 2.09. The molecule has 2 N–H and O–H groups in total. The molecule has 0 radical (unpaired) electrons. The molecule has 6 heteroatoms. The lowest BCUT2D eigenvalue weighted by atomic mass is 10.1. The summed E-state index contributed by atoms with van der Waals surface area (Å²) in [4.78, 5) is 25.1. The Balaban J connectivity index is 2.38. The molecule has 2 amide bonds. The molecular weight excluding hydrogens is 280 g/mol. The molecule has 1 rings (SSSR count). The van der Waals surface area contributed by atoms with Crippen molar-refractivity contribution in [2.75, 3.05) is 32.0 Å². The van der Waals surface area contributed by atoms with E-state index in [0.717, 1.165) is 12.0 Å². The Bertz CT molecular complexity index is 534. The first kappa shape index (κ1) is 17.7. The Morgan fingerprint density at radius 1 is 1.18 bits per heavy atom. The van der Waals surface area contributed by atoms with E-state index in [0.29, 0.717) is 18.7 Å². The minimum Gasteiger partial charge on any atom is -0.355 e. The minimum absolute atomic E-state index is 0.0852. The van der Waals surface area contributed by atoms with Gasteiger partial charge >= 0.3 is 0 Å². The maximum absolute atomic E-state index is 11.9. The van der Waals surface area contributed by atoms with Gasteiger partial charge in [-0.2, -0.15) is 5.26 Å². The Labute approximate surface area is 131 Å². The first-order chi connectivity index (χ1) is 10.5.